The molecule has 13 heteroatoms. The third kappa shape index (κ3) is 16.5. The Balaban J connectivity index is 0.000000313. The van der Waals surface area contributed by atoms with Gasteiger partial charge in [-0.1, -0.05) is 137 Å². The Kier molecular flexibility index (Phi) is 22.2. The zero-order valence-electron chi connectivity index (χ0n) is 36.6. The second-order valence-electron chi connectivity index (χ2n) is 15.9. The third-order valence-electron chi connectivity index (χ3n) is 10.6. The molecule has 1 amide bonds. The van der Waals surface area contributed by atoms with Crippen molar-refractivity contribution < 1.29 is 43.6 Å². The average molecular weight is 855 g/mol. The standard InChI is InChI=1S/C29H31NO5.C14H19NO2.C5H11NO2.CH5N/c31-18-24(34-19-21-9-3-1-4-10-21)17-27(32)28(35-20-22-11-5-2-6-12-22)29(33)30-26-16-15-23-13-7-8-14-25(23)26;1-9(2)13(15)14(16)17-12-7-10-5-3-4-6-11(10)8-12;1-3(2)4(6)5(7)8;1-2/h1-14,18,24,26-28,32H,15-17,19-20H2,(H,30,33);3-6,9,12-13H,7-8,15H2,1-2H3;3-4H,6H2,1-2H3,(H,7,8);2H2,1H3/t24?,26-,27-,28?;;;/m1.../s1. The number of aryl methyl sites for hydroxylation is 1. The normalized spacial score (nSPS) is 16.3. The van der Waals surface area contributed by atoms with E-state index in [0.29, 0.717) is 6.29 Å². The van der Waals surface area contributed by atoms with Gasteiger partial charge in [-0.25, -0.2) is 0 Å². The van der Waals surface area contributed by atoms with Crippen molar-refractivity contribution in [3.8, 4) is 0 Å². The fourth-order valence-corrected chi connectivity index (χ4v) is 6.79. The zero-order valence-corrected chi connectivity index (χ0v) is 36.6. The Hall–Kier alpha value is -5.28. The lowest BCUT2D eigenvalue weighted by Crippen LogP contribution is -2.46. The number of rotatable bonds is 17. The molecule has 0 saturated carbocycles. The lowest BCUT2D eigenvalue weighted by molar-refractivity contribution is -0.151. The van der Waals surface area contributed by atoms with Gasteiger partial charge in [0.2, 0.25) is 0 Å². The molecule has 2 aliphatic carbocycles. The first kappa shape index (κ1) is 51.1. The number of fused-ring (bicyclic) bond motifs is 2. The maximum Gasteiger partial charge on any atom is 0.323 e. The summed E-state index contributed by atoms with van der Waals surface area (Å²) in [4.78, 5) is 46.7. The summed E-state index contributed by atoms with van der Waals surface area (Å²) in [6.07, 6.45) is 0.642. The van der Waals surface area contributed by atoms with Crippen LogP contribution in [-0.4, -0.2) is 77.9 Å². The van der Waals surface area contributed by atoms with Crippen LogP contribution in [0.1, 0.15) is 80.0 Å². The minimum Gasteiger partial charge on any atom is -0.480 e. The van der Waals surface area contributed by atoms with Gasteiger partial charge in [-0.3, -0.25) is 14.4 Å². The average Bonchev–Trinajstić information content (AvgIpc) is 3.89. The lowest BCUT2D eigenvalue weighted by atomic mass is 10.0. The Morgan fingerprint density at radius 2 is 1.21 bits per heavy atom. The number of aldehydes is 1. The molecule has 0 aromatic heterocycles. The van der Waals surface area contributed by atoms with Crippen LogP contribution in [0.25, 0.3) is 0 Å². The number of carboxylic acid groups (broad SMARTS) is 1. The molecular weight excluding hydrogens is 789 g/mol. The molecular formula is C49H66N4O9. The Morgan fingerprint density at radius 3 is 1.69 bits per heavy atom. The molecule has 9 N–H and O–H groups in total. The molecule has 0 spiro atoms. The maximum atomic E-state index is 13.3. The quantitative estimate of drug-likeness (QED) is 0.0594. The number of nitrogens with one attached hydrogen (secondary N) is 1. The van der Waals surface area contributed by atoms with Crippen molar-refractivity contribution in [1.82, 2.24) is 5.32 Å². The number of carbonyl (C=O) groups excluding carboxylic acids is 3. The van der Waals surface area contributed by atoms with Gasteiger partial charge in [0.25, 0.3) is 5.91 Å². The predicted molar refractivity (Wildman–Crippen MR) is 239 cm³/mol. The summed E-state index contributed by atoms with van der Waals surface area (Å²) in [5.74, 6) is -1.47. The van der Waals surface area contributed by atoms with Gasteiger partial charge in [0.05, 0.1) is 25.4 Å². The van der Waals surface area contributed by atoms with Gasteiger partial charge in [0.1, 0.15) is 30.6 Å². The van der Waals surface area contributed by atoms with Crippen LogP contribution in [0, 0.1) is 11.8 Å². The molecule has 0 bridgehead atoms. The molecule has 4 aromatic rings. The number of hydrogen-bond donors (Lipinski definition) is 6. The van der Waals surface area contributed by atoms with E-state index >= 15 is 0 Å². The van der Waals surface area contributed by atoms with Crippen LogP contribution in [0.5, 0.6) is 0 Å². The molecule has 4 unspecified atom stereocenters. The second-order valence-corrected chi connectivity index (χ2v) is 15.9. The molecule has 6 atom stereocenters. The molecule has 0 aliphatic heterocycles. The SMILES string of the molecule is CC(C)C(N)C(=O)O.CC(C)C(N)C(=O)OC1Cc2ccccc2C1.CN.O=CC(C[C@@H](O)C(OCc1ccccc1)C(=O)N[C@@H]1CCc2ccccc21)OCc1ccccc1. The van der Waals surface area contributed by atoms with Crippen LogP contribution >= 0.6 is 0 Å². The highest BCUT2D eigenvalue weighted by atomic mass is 16.5. The number of carbonyl (C=O) groups is 4. The van der Waals surface area contributed by atoms with Gasteiger partial charge in [0.15, 0.2) is 6.10 Å². The summed E-state index contributed by atoms with van der Waals surface area (Å²) in [7, 11) is 1.50. The van der Waals surface area contributed by atoms with Crippen molar-refractivity contribution in [3.63, 3.8) is 0 Å². The van der Waals surface area contributed by atoms with Gasteiger partial charge in [0, 0.05) is 19.3 Å². The van der Waals surface area contributed by atoms with Gasteiger partial charge in [-0.15, -0.1) is 0 Å². The summed E-state index contributed by atoms with van der Waals surface area (Å²) in [6, 6.07) is 33.8. The van der Waals surface area contributed by atoms with Crippen molar-refractivity contribution in [1.29, 1.82) is 0 Å². The smallest absolute Gasteiger partial charge is 0.323 e. The number of amides is 1. The number of benzene rings is 4. The molecule has 2 aliphatic rings. The summed E-state index contributed by atoms with van der Waals surface area (Å²) in [5, 5.41) is 22.3. The van der Waals surface area contributed by atoms with E-state index in [1.165, 1.54) is 23.7 Å². The number of esters is 1. The van der Waals surface area contributed by atoms with Gasteiger partial charge in [-0.05, 0) is 65.1 Å². The molecule has 0 heterocycles. The summed E-state index contributed by atoms with van der Waals surface area (Å²) < 4.78 is 17.1. The fourth-order valence-electron chi connectivity index (χ4n) is 6.79. The Morgan fingerprint density at radius 1 is 0.726 bits per heavy atom. The van der Waals surface area contributed by atoms with Crippen molar-refractivity contribution >= 4 is 24.1 Å². The third-order valence-corrected chi connectivity index (χ3v) is 10.6. The minimum absolute atomic E-state index is 0.0208. The first-order valence-corrected chi connectivity index (χ1v) is 21.2. The van der Waals surface area contributed by atoms with Crippen molar-refractivity contribution in [2.45, 2.75) is 116 Å². The molecule has 13 nitrogen and oxygen atoms in total. The Labute approximate surface area is 366 Å². The van der Waals surface area contributed by atoms with Crippen LogP contribution in [0.15, 0.2) is 109 Å². The van der Waals surface area contributed by atoms with E-state index in [2.05, 4.69) is 29.2 Å². The van der Waals surface area contributed by atoms with E-state index in [0.717, 1.165) is 42.4 Å². The largest absolute Gasteiger partial charge is 0.480 e. The van der Waals surface area contributed by atoms with E-state index in [4.69, 9.17) is 30.8 Å². The minimum atomic E-state index is -1.22. The van der Waals surface area contributed by atoms with Gasteiger partial charge >= 0.3 is 11.9 Å². The van der Waals surface area contributed by atoms with Crippen molar-refractivity contribution in [3.05, 3.63) is 143 Å². The number of aliphatic carboxylic acids is 1. The molecule has 62 heavy (non-hydrogen) atoms. The van der Waals surface area contributed by atoms with Crippen molar-refractivity contribution in [2.24, 2.45) is 29.0 Å². The maximum absolute atomic E-state index is 13.3. The zero-order chi connectivity index (χ0) is 45.6. The summed E-state index contributed by atoms with van der Waals surface area (Å²) in [6.45, 7) is 7.80. The van der Waals surface area contributed by atoms with Gasteiger partial charge < -0.3 is 51.7 Å². The van der Waals surface area contributed by atoms with Gasteiger partial charge in [-0.2, -0.15) is 0 Å². The molecule has 0 fully saturated rings. The monoisotopic (exact) mass is 854 g/mol. The van der Waals surface area contributed by atoms with Crippen LogP contribution in [-0.2, 0) is 65.9 Å². The molecule has 336 valence electrons. The highest BCUT2D eigenvalue weighted by molar-refractivity contribution is 5.82. The second kappa shape index (κ2) is 26.9. The number of ether oxygens (including phenoxy) is 3. The topological polar surface area (TPSA) is 227 Å². The molecule has 0 radical (unpaired) electrons. The first-order chi connectivity index (χ1) is 29.8. The number of aliphatic hydroxyl groups is 1. The molecule has 0 saturated heterocycles. The fraction of sp³-hybridized carbons (Fsp3) is 0.429. The van der Waals surface area contributed by atoms with Crippen LogP contribution in [0.3, 0.4) is 0 Å². The number of hydrogen-bond acceptors (Lipinski definition) is 11. The molecule has 6 rings (SSSR count). The van der Waals surface area contributed by atoms with Crippen LogP contribution in [0.2, 0.25) is 0 Å². The van der Waals surface area contributed by atoms with Crippen LogP contribution < -0.4 is 22.5 Å². The summed E-state index contributed by atoms with van der Waals surface area (Å²) >= 11 is 0. The van der Waals surface area contributed by atoms with E-state index in [-0.39, 0.29) is 49.6 Å². The van der Waals surface area contributed by atoms with E-state index in [1.807, 2.05) is 105 Å². The Bertz CT molecular complexity index is 1920. The predicted octanol–water partition coefficient (Wildman–Crippen LogP) is 5.22. The highest BCUT2D eigenvalue weighted by Crippen LogP contribution is 2.31. The highest BCUT2D eigenvalue weighted by Gasteiger charge is 2.34. The number of nitrogens with two attached hydrogens (primary N) is 3. The van der Waals surface area contributed by atoms with Crippen molar-refractivity contribution in [2.75, 3.05) is 7.05 Å². The van der Waals surface area contributed by atoms with E-state index < -0.39 is 42.3 Å². The number of aliphatic hydroxyl groups excluding tert-OH is 1. The number of carboxylic acids is 1. The first-order valence-electron chi connectivity index (χ1n) is 21.2. The van der Waals surface area contributed by atoms with E-state index in [9.17, 15) is 24.3 Å². The molecule has 4 aromatic carbocycles. The summed E-state index contributed by atoms with van der Waals surface area (Å²) in [5.41, 5.74) is 22.1. The van der Waals surface area contributed by atoms with Crippen LogP contribution in [0.4, 0.5) is 0 Å². The van der Waals surface area contributed by atoms with E-state index in [1.54, 1.807) is 13.8 Å². The lowest BCUT2D eigenvalue weighted by Gasteiger charge is -2.26.